The molecule has 1 aromatic carbocycles. The highest BCUT2D eigenvalue weighted by atomic mass is 127. The zero-order valence-electron chi connectivity index (χ0n) is 18.9. The summed E-state index contributed by atoms with van der Waals surface area (Å²) < 4.78 is 5.37. The average Bonchev–Trinajstić information content (AvgIpc) is 3.23. The summed E-state index contributed by atoms with van der Waals surface area (Å²) in [6.45, 7) is 12.0. The molecule has 2 N–H and O–H groups in total. The second-order valence-corrected chi connectivity index (χ2v) is 8.28. The highest BCUT2D eigenvalue weighted by Crippen LogP contribution is 2.27. The number of benzene rings is 1. The third kappa shape index (κ3) is 7.48. The molecule has 2 aliphatic heterocycles. The lowest BCUT2D eigenvalue weighted by Crippen LogP contribution is -2.48. The molecule has 30 heavy (non-hydrogen) atoms. The van der Waals surface area contributed by atoms with Crippen molar-refractivity contribution in [1.29, 1.82) is 0 Å². The lowest BCUT2D eigenvalue weighted by Gasteiger charge is -2.32. The minimum atomic E-state index is 0. The third-order valence-corrected chi connectivity index (χ3v) is 6.02. The summed E-state index contributed by atoms with van der Waals surface area (Å²) >= 11 is 0. The van der Waals surface area contributed by atoms with Crippen LogP contribution in [0.4, 0.5) is 5.69 Å². The molecular formula is C23H40IN5O. The van der Waals surface area contributed by atoms with Gasteiger partial charge < -0.3 is 25.2 Å². The first-order chi connectivity index (χ1) is 14.2. The lowest BCUT2D eigenvalue weighted by molar-refractivity contribution is 0.206. The molecule has 2 heterocycles. The van der Waals surface area contributed by atoms with Gasteiger partial charge in [0.25, 0.3) is 0 Å². The van der Waals surface area contributed by atoms with Gasteiger partial charge in [0, 0.05) is 57.1 Å². The molecule has 2 fully saturated rings. The molecule has 7 heteroatoms. The van der Waals surface area contributed by atoms with Gasteiger partial charge in [-0.1, -0.05) is 13.0 Å². The van der Waals surface area contributed by atoms with Crippen molar-refractivity contribution in [3.63, 3.8) is 0 Å². The molecular weight excluding hydrogens is 489 g/mol. The number of methoxy groups -OCH3 is 1. The van der Waals surface area contributed by atoms with Crippen LogP contribution in [0.3, 0.4) is 0 Å². The molecule has 2 aliphatic rings. The van der Waals surface area contributed by atoms with Crippen LogP contribution < -0.4 is 20.3 Å². The topological polar surface area (TPSA) is 52.1 Å². The highest BCUT2D eigenvalue weighted by Gasteiger charge is 2.23. The van der Waals surface area contributed by atoms with Crippen LogP contribution in [0.25, 0.3) is 0 Å². The molecule has 0 radical (unpaired) electrons. The van der Waals surface area contributed by atoms with E-state index in [0.717, 1.165) is 37.9 Å². The quantitative estimate of drug-likeness (QED) is 0.307. The van der Waals surface area contributed by atoms with Crippen molar-refractivity contribution in [2.45, 2.75) is 45.6 Å². The monoisotopic (exact) mass is 529 g/mol. The van der Waals surface area contributed by atoms with Gasteiger partial charge in [-0.3, -0.25) is 4.99 Å². The Morgan fingerprint density at radius 1 is 1.17 bits per heavy atom. The number of hydrogen-bond donors (Lipinski definition) is 2. The third-order valence-electron chi connectivity index (χ3n) is 6.02. The summed E-state index contributed by atoms with van der Waals surface area (Å²) in [6, 6.07) is 8.91. The molecule has 0 saturated carbocycles. The SMILES string of the molecule is CCCN1CCC(NC(=NCC2CCN(c3cccc(OC)c3)C2)NCC)CC1.I. The number of piperidine rings is 1. The van der Waals surface area contributed by atoms with Gasteiger partial charge in [-0.05, 0) is 57.2 Å². The zero-order valence-corrected chi connectivity index (χ0v) is 21.2. The van der Waals surface area contributed by atoms with E-state index in [0.29, 0.717) is 12.0 Å². The first-order valence-electron chi connectivity index (χ1n) is 11.4. The largest absolute Gasteiger partial charge is 0.497 e. The van der Waals surface area contributed by atoms with E-state index < -0.39 is 0 Å². The normalized spacial score (nSPS) is 20.7. The Morgan fingerprint density at radius 3 is 2.67 bits per heavy atom. The van der Waals surface area contributed by atoms with Crippen LogP contribution in [0.5, 0.6) is 5.75 Å². The maximum absolute atomic E-state index is 5.37. The summed E-state index contributed by atoms with van der Waals surface area (Å²) in [6.07, 6.45) is 4.85. The molecule has 0 bridgehead atoms. The van der Waals surface area contributed by atoms with Crippen LogP contribution in [0.15, 0.2) is 29.3 Å². The minimum absolute atomic E-state index is 0. The molecule has 6 nitrogen and oxygen atoms in total. The number of nitrogens with one attached hydrogen (secondary N) is 2. The zero-order chi connectivity index (χ0) is 20.5. The van der Waals surface area contributed by atoms with Crippen molar-refractivity contribution >= 4 is 35.6 Å². The highest BCUT2D eigenvalue weighted by molar-refractivity contribution is 14.0. The number of anilines is 1. The van der Waals surface area contributed by atoms with E-state index in [1.54, 1.807) is 7.11 Å². The second-order valence-electron chi connectivity index (χ2n) is 8.28. The number of rotatable bonds is 8. The number of halogens is 1. The van der Waals surface area contributed by atoms with Gasteiger partial charge in [-0.2, -0.15) is 0 Å². The summed E-state index contributed by atoms with van der Waals surface area (Å²) in [5.74, 6) is 2.51. The van der Waals surface area contributed by atoms with Crippen LogP contribution in [0.2, 0.25) is 0 Å². The predicted molar refractivity (Wildman–Crippen MR) is 138 cm³/mol. The van der Waals surface area contributed by atoms with E-state index in [1.165, 1.54) is 51.0 Å². The first-order valence-corrected chi connectivity index (χ1v) is 11.4. The van der Waals surface area contributed by atoms with Crippen molar-refractivity contribution in [2.24, 2.45) is 10.9 Å². The van der Waals surface area contributed by atoms with Crippen molar-refractivity contribution < 1.29 is 4.74 Å². The van der Waals surface area contributed by atoms with Gasteiger partial charge >= 0.3 is 0 Å². The van der Waals surface area contributed by atoms with Crippen LogP contribution in [0, 0.1) is 5.92 Å². The molecule has 170 valence electrons. The Balaban J connectivity index is 0.00000320. The smallest absolute Gasteiger partial charge is 0.191 e. The van der Waals surface area contributed by atoms with E-state index in [2.05, 4.69) is 52.5 Å². The van der Waals surface area contributed by atoms with Gasteiger partial charge in [0.15, 0.2) is 5.96 Å². The van der Waals surface area contributed by atoms with E-state index in [1.807, 2.05) is 6.07 Å². The maximum atomic E-state index is 5.37. The fourth-order valence-electron chi connectivity index (χ4n) is 4.37. The summed E-state index contributed by atoms with van der Waals surface area (Å²) in [5, 5.41) is 7.13. The van der Waals surface area contributed by atoms with E-state index in [4.69, 9.17) is 9.73 Å². The van der Waals surface area contributed by atoms with Crippen molar-refractivity contribution in [2.75, 3.05) is 57.8 Å². The Labute approximate surface area is 199 Å². The van der Waals surface area contributed by atoms with Gasteiger partial charge in [0.1, 0.15) is 5.75 Å². The summed E-state index contributed by atoms with van der Waals surface area (Å²) in [5.41, 5.74) is 1.25. The Hall–Kier alpha value is -1.22. The molecule has 0 aromatic heterocycles. The number of likely N-dealkylation sites (tertiary alicyclic amines) is 1. The first kappa shape index (κ1) is 25.0. The molecule has 2 saturated heterocycles. The standard InChI is InChI=1S/C23H39N5O.HI/c1-4-12-27-13-10-20(11-14-27)26-23(24-5-2)25-17-19-9-15-28(18-19)21-7-6-8-22(16-21)29-3;/h6-8,16,19-20H,4-5,9-15,17-18H2,1-3H3,(H2,24,25,26);1H. The molecule has 3 rings (SSSR count). The predicted octanol–water partition coefficient (Wildman–Crippen LogP) is 3.57. The number of nitrogens with zero attached hydrogens (tertiary/aromatic N) is 3. The number of guanidine groups is 1. The van der Waals surface area contributed by atoms with Crippen LogP contribution >= 0.6 is 24.0 Å². The number of ether oxygens (including phenoxy) is 1. The lowest BCUT2D eigenvalue weighted by atomic mass is 10.1. The van der Waals surface area contributed by atoms with Crippen molar-refractivity contribution in [3.05, 3.63) is 24.3 Å². The Bertz CT molecular complexity index is 648. The molecule has 0 aliphatic carbocycles. The van der Waals surface area contributed by atoms with Gasteiger partial charge in [0.2, 0.25) is 0 Å². The van der Waals surface area contributed by atoms with Crippen LogP contribution in [0.1, 0.15) is 39.5 Å². The summed E-state index contributed by atoms with van der Waals surface area (Å²) in [7, 11) is 1.73. The maximum Gasteiger partial charge on any atom is 0.191 e. The van der Waals surface area contributed by atoms with Gasteiger partial charge in [0.05, 0.1) is 7.11 Å². The van der Waals surface area contributed by atoms with E-state index in [9.17, 15) is 0 Å². The van der Waals surface area contributed by atoms with E-state index in [-0.39, 0.29) is 24.0 Å². The molecule has 1 unspecified atom stereocenters. The minimum Gasteiger partial charge on any atom is -0.497 e. The van der Waals surface area contributed by atoms with Crippen molar-refractivity contribution in [1.82, 2.24) is 15.5 Å². The average molecular weight is 530 g/mol. The molecule has 1 atom stereocenters. The Morgan fingerprint density at radius 2 is 1.97 bits per heavy atom. The van der Waals surface area contributed by atoms with Crippen molar-refractivity contribution in [3.8, 4) is 5.75 Å². The van der Waals surface area contributed by atoms with E-state index >= 15 is 0 Å². The summed E-state index contributed by atoms with van der Waals surface area (Å²) in [4.78, 5) is 9.96. The molecule has 0 spiro atoms. The molecule has 1 aromatic rings. The molecule has 0 amide bonds. The van der Waals surface area contributed by atoms with Crippen LogP contribution in [-0.4, -0.2) is 69.8 Å². The van der Waals surface area contributed by atoms with Crippen LogP contribution in [-0.2, 0) is 0 Å². The van der Waals surface area contributed by atoms with Gasteiger partial charge in [-0.15, -0.1) is 24.0 Å². The fourth-order valence-corrected chi connectivity index (χ4v) is 4.37. The fraction of sp³-hybridized carbons (Fsp3) is 0.696. The number of hydrogen-bond acceptors (Lipinski definition) is 4. The second kappa shape index (κ2) is 13.2. The number of aliphatic imine (C=N–C) groups is 1. The Kier molecular flexibility index (Phi) is 11.1. The van der Waals surface area contributed by atoms with Gasteiger partial charge in [-0.25, -0.2) is 0 Å².